The number of nitrogens with one attached hydrogen (secondary N) is 1. The summed E-state index contributed by atoms with van der Waals surface area (Å²) in [4.78, 5) is 16.7. The van der Waals surface area contributed by atoms with E-state index in [2.05, 4.69) is 17.1 Å². The maximum Gasteiger partial charge on any atom is 0.204 e. The van der Waals surface area contributed by atoms with Gasteiger partial charge < -0.3 is 9.72 Å². The summed E-state index contributed by atoms with van der Waals surface area (Å²) in [5.74, 6) is -0.361. The van der Waals surface area contributed by atoms with Gasteiger partial charge in [-0.3, -0.25) is 4.79 Å². The number of carbonyl (C=O) groups is 1. The average Bonchev–Trinajstić information content (AvgIpc) is 3.45. The summed E-state index contributed by atoms with van der Waals surface area (Å²) in [5, 5.41) is 20.2. The van der Waals surface area contributed by atoms with Gasteiger partial charge in [0.2, 0.25) is 5.78 Å². The zero-order chi connectivity index (χ0) is 22.1. The fraction of sp³-hybridized carbons (Fsp3) is 0.0741. The van der Waals surface area contributed by atoms with Gasteiger partial charge in [0.15, 0.2) is 6.10 Å². The highest BCUT2D eigenvalue weighted by molar-refractivity contribution is 6.03. The molecule has 0 unspecified atom stereocenters. The first-order valence-corrected chi connectivity index (χ1v) is 10.2. The number of carbonyl (C=O) groups excluding carboxylic acids is 1. The molecule has 5 nitrogen and oxygen atoms in total. The Labute approximate surface area is 184 Å². The molecular formula is C27H17N3O2. The molecule has 0 spiro atoms. The molecule has 5 heteroatoms. The van der Waals surface area contributed by atoms with E-state index >= 15 is 0 Å². The van der Waals surface area contributed by atoms with Gasteiger partial charge in [-0.15, -0.1) is 0 Å². The maximum absolute atomic E-state index is 13.5. The summed E-state index contributed by atoms with van der Waals surface area (Å²) in [5.41, 5.74) is 3.85. The van der Waals surface area contributed by atoms with Crippen molar-refractivity contribution in [1.29, 1.82) is 10.5 Å². The molecule has 0 fully saturated rings. The van der Waals surface area contributed by atoms with E-state index in [0.29, 0.717) is 22.5 Å². The van der Waals surface area contributed by atoms with Gasteiger partial charge in [0, 0.05) is 28.2 Å². The van der Waals surface area contributed by atoms with Gasteiger partial charge in [0.1, 0.15) is 5.76 Å². The molecule has 1 aliphatic heterocycles. The minimum Gasteiger partial charge on any atom is -0.479 e. The van der Waals surface area contributed by atoms with Gasteiger partial charge >= 0.3 is 0 Å². The SMILES string of the molecule is N#CC1=C(c2c[nH]c3ccccc23)O[C@@H](C(=O)c2ccccc2)[C@@H]1c1ccc(C#N)cc1. The monoisotopic (exact) mass is 415 g/mol. The van der Waals surface area contributed by atoms with Crippen LogP contribution in [0.1, 0.15) is 33.0 Å². The summed E-state index contributed by atoms with van der Waals surface area (Å²) < 4.78 is 6.28. The van der Waals surface area contributed by atoms with Crippen LogP contribution in [0.3, 0.4) is 0 Å². The van der Waals surface area contributed by atoms with Crippen LogP contribution >= 0.6 is 0 Å². The zero-order valence-electron chi connectivity index (χ0n) is 16.9. The van der Waals surface area contributed by atoms with Gasteiger partial charge in [-0.25, -0.2) is 0 Å². The van der Waals surface area contributed by atoms with Crippen molar-refractivity contribution >= 4 is 22.4 Å². The Hall–Kier alpha value is -4.61. The number of rotatable bonds is 4. The Morgan fingerprint density at radius 1 is 0.875 bits per heavy atom. The molecule has 1 aromatic heterocycles. The number of ketones is 1. The lowest BCUT2D eigenvalue weighted by molar-refractivity contribution is 0.0754. The number of nitriles is 2. The molecule has 2 atom stereocenters. The number of fused-ring (bicyclic) bond motifs is 1. The number of hydrogen-bond acceptors (Lipinski definition) is 4. The first kappa shape index (κ1) is 19.4. The van der Waals surface area contributed by atoms with Crippen molar-refractivity contribution in [2.24, 2.45) is 0 Å². The highest BCUT2D eigenvalue weighted by atomic mass is 16.5. The maximum atomic E-state index is 13.5. The molecule has 1 aliphatic rings. The molecule has 5 rings (SSSR count). The average molecular weight is 415 g/mol. The number of Topliss-reactive ketones (excluding diaryl/α,β-unsaturated/α-hetero) is 1. The van der Waals surface area contributed by atoms with Gasteiger partial charge in [-0.05, 0) is 23.8 Å². The lowest BCUT2D eigenvalue weighted by Crippen LogP contribution is -2.27. The molecule has 4 aromatic rings. The van der Waals surface area contributed by atoms with Crippen molar-refractivity contribution in [2.45, 2.75) is 12.0 Å². The van der Waals surface area contributed by atoms with Crippen molar-refractivity contribution in [2.75, 3.05) is 0 Å². The van der Waals surface area contributed by atoms with Gasteiger partial charge in [-0.2, -0.15) is 10.5 Å². The number of aromatic amines is 1. The van der Waals surface area contributed by atoms with E-state index in [0.717, 1.165) is 22.0 Å². The Kier molecular flexibility index (Phi) is 4.78. The number of aromatic nitrogens is 1. The lowest BCUT2D eigenvalue weighted by Gasteiger charge is -2.19. The lowest BCUT2D eigenvalue weighted by atomic mass is 9.84. The van der Waals surface area contributed by atoms with E-state index < -0.39 is 12.0 Å². The summed E-state index contributed by atoms with van der Waals surface area (Å²) >= 11 is 0. The third kappa shape index (κ3) is 3.14. The largest absolute Gasteiger partial charge is 0.479 e. The Bertz CT molecular complexity index is 1430. The van der Waals surface area contributed by atoms with E-state index in [1.165, 1.54) is 0 Å². The van der Waals surface area contributed by atoms with Crippen LogP contribution in [0.15, 0.2) is 90.6 Å². The smallest absolute Gasteiger partial charge is 0.204 e. The van der Waals surface area contributed by atoms with E-state index in [9.17, 15) is 10.1 Å². The first-order valence-electron chi connectivity index (χ1n) is 10.2. The van der Waals surface area contributed by atoms with Crippen LogP contribution in [0.2, 0.25) is 0 Å². The predicted molar refractivity (Wildman–Crippen MR) is 120 cm³/mol. The fourth-order valence-corrected chi connectivity index (χ4v) is 4.22. The highest BCUT2D eigenvalue weighted by Crippen LogP contribution is 2.45. The van der Waals surface area contributed by atoms with Gasteiger partial charge in [0.05, 0.1) is 29.2 Å². The zero-order valence-corrected chi connectivity index (χ0v) is 16.9. The van der Waals surface area contributed by atoms with Crippen LogP contribution in [0.25, 0.3) is 16.7 Å². The van der Waals surface area contributed by atoms with Crippen LogP contribution in [-0.4, -0.2) is 16.9 Å². The van der Waals surface area contributed by atoms with Crippen molar-refractivity contribution in [3.63, 3.8) is 0 Å². The highest BCUT2D eigenvalue weighted by Gasteiger charge is 2.43. The van der Waals surface area contributed by atoms with Crippen molar-refractivity contribution < 1.29 is 9.53 Å². The Balaban J connectivity index is 1.67. The van der Waals surface area contributed by atoms with Crippen molar-refractivity contribution in [1.82, 2.24) is 4.98 Å². The van der Waals surface area contributed by atoms with Crippen molar-refractivity contribution in [3.8, 4) is 12.1 Å². The van der Waals surface area contributed by atoms with Gasteiger partial charge in [0.25, 0.3) is 0 Å². The summed E-state index contributed by atoms with van der Waals surface area (Å²) in [6.45, 7) is 0. The van der Waals surface area contributed by atoms with E-state index in [1.54, 1.807) is 48.5 Å². The molecule has 0 amide bonds. The topological polar surface area (TPSA) is 89.7 Å². The van der Waals surface area contributed by atoms with Crippen LogP contribution in [0, 0.1) is 22.7 Å². The van der Waals surface area contributed by atoms with Crippen LogP contribution in [0.4, 0.5) is 0 Å². The van der Waals surface area contributed by atoms with Crippen molar-refractivity contribution in [3.05, 3.63) is 113 Å². The van der Waals surface area contributed by atoms with E-state index in [-0.39, 0.29) is 5.78 Å². The third-order valence-corrected chi connectivity index (χ3v) is 5.77. The predicted octanol–water partition coefficient (Wildman–Crippen LogP) is 5.34. The molecule has 2 heterocycles. The number of benzene rings is 3. The molecule has 0 bridgehead atoms. The number of para-hydroxylation sites is 1. The molecule has 1 N–H and O–H groups in total. The summed E-state index contributed by atoms with van der Waals surface area (Å²) in [6, 6.07) is 28.1. The normalized spacial score (nSPS) is 17.6. The van der Waals surface area contributed by atoms with Crippen LogP contribution in [-0.2, 0) is 4.74 Å². The molecule has 0 radical (unpaired) electrons. The minimum atomic E-state index is -0.886. The number of nitrogens with zero attached hydrogens (tertiary/aromatic N) is 2. The van der Waals surface area contributed by atoms with Crippen LogP contribution in [0.5, 0.6) is 0 Å². The number of H-pyrrole nitrogens is 1. The quantitative estimate of drug-likeness (QED) is 0.456. The Morgan fingerprint density at radius 3 is 2.31 bits per heavy atom. The Morgan fingerprint density at radius 2 is 1.59 bits per heavy atom. The summed E-state index contributed by atoms with van der Waals surface area (Å²) in [6.07, 6.45) is 0.923. The second kappa shape index (κ2) is 7.91. The number of hydrogen-bond donors (Lipinski definition) is 1. The molecule has 152 valence electrons. The molecular weight excluding hydrogens is 398 g/mol. The second-order valence-electron chi connectivity index (χ2n) is 7.58. The molecule has 0 saturated heterocycles. The van der Waals surface area contributed by atoms with E-state index in [4.69, 9.17) is 10.00 Å². The minimum absolute atomic E-state index is 0.192. The molecule has 0 saturated carbocycles. The van der Waals surface area contributed by atoms with Crippen LogP contribution < -0.4 is 0 Å². The number of ether oxygens (including phenoxy) is 1. The summed E-state index contributed by atoms with van der Waals surface area (Å²) in [7, 11) is 0. The first-order chi connectivity index (χ1) is 15.7. The van der Waals surface area contributed by atoms with Gasteiger partial charge in [-0.1, -0.05) is 60.7 Å². The standard InChI is InChI=1S/C27H17N3O2/c28-14-17-10-12-18(13-11-17)24-21(15-29)26(22-16-30-23-9-5-4-8-20(22)23)32-27(24)25(31)19-6-2-1-3-7-19/h1-13,16,24,27,30H/t24-,27-/m1/s1. The molecule has 0 aliphatic carbocycles. The third-order valence-electron chi connectivity index (χ3n) is 5.77. The fourth-order valence-electron chi connectivity index (χ4n) is 4.22. The molecule has 32 heavy (non-hydrogen) atoms. The van der Waals surface area contributed by atoms with E-state index in [1.807, 2.05) is 36.5 Å². The molecule has 3 aromatic carbocycles. The second-order valence-corrected chi connectivity index (χ2v) is 7.58.